The van der Waals surface area contributed by atoms with Gasteiger partial charge in [-0.2, -0.15) is 15.6 Å². The third kappa shape index (κ3) is 3.64. The number of nitro groups is 1. The summed E-state index contributed by atoms with van der Waals surface area (Å²) in [5.74, 6) is 0. The van der Waals surface area contributed by atoms with Gasteiger partial charge in [0.2, 0.25) is 10.0 Å². The molecule has 1 aromatic heterocycles. The molecule has 2 heterocycles. The molecule has 1 fully saturated rings. The Morgan fingerprint density at radius 2 is 1.92 bits per heavy atom. The van der Waals surface area contributed by atoms with E-state index in [1.165, 1.54) is 28.1 Å². The predicted octanol–water partition coefficient (Wildman–Crippen LogP) is 2.16. The van der Waals surface area contributed by atoms with Crippen molar-refractivity contribution in [2.75, 3.05) is 26.2 Å². The average Bonchev–Trinajstić information content (AvgIpc) is 3.08. The SMILES string of the molecule is O=[N+]([O-])c1cccc(S(=O)(=O)N2CCN(Cc3ccsc3)CC2)c1. The summed E-state index contributed by atoms with van der Waals surface area (Å²) < 4.78 is 26.7. The number of sulfonamides is 1. The van der Waals surface area contributed by atoms with Crippen LogP contribution in [0.3, 0.4) is 0 Å². The second kappa shape index (κ2) is 6.98. The maximum atomic E-state index is 12.7. The second-order valence-corrected chi connectivity index (χ2v) is 8.28. The third-order valence-electron chi connectivity index (χ3n) is 3.98. The minimum atomic E-state index is -3.70. The van der Waals surface area contributed by atoms with Crippen molar-refractivity contribution < 1.29 is 13.3 Å². The van der Waals surface area contributed by atoms with Crippen molar-refractivity contribution in [1.82, 2.24) is 9.21 Å². The van der Waals surface area contributed by atoms with Crippen molar-refractivity contribution in [3.8, 4) is 0 Å². The van der Waals surface area contributed by atoms with Crippen LogP contribution in [0.4, 0.5) is 5.69 Å². The number of nitro benzene ring substituents is 1. The Morgan fingerprint density at radius 3 is 2.54 bits per heavy atom. The Bertz CT molecular complexity index is 813. The van der Waals surface area contributed by atoms with Gasteiger partial charge < -0.3 is 0 Å². The van der Waals surface area contributed by atoms with E-state index in [0.29, 0.717) is 26.2 Å². The van der Waals surface area contributed by atoms with Gasteiger partial charge in [0.1, 0.15) is 0 Å². The fourth-order valence-corrected chi connectivity index (χ4v) is 4.80. The predicted molar refractivity (Wildman–Crippen MR) is 91.5 cm³/mol. The second-order valence-electron chi connectivity index (χ2n) is 5.57. The van der Waals surface area contributed by atoms with Crippen LogP contribution in [-0.4, -0.2) is 48.7 Å². The lowest BCUT2D eigenvalue weighted by atomic mass is 10.3. The molecular formula is C15H17N3O4S2. The highest BCUT2D eigenvalue weighted by atomic mass is 32.2. The number of non-ortho nitro benzene ring substituents is 1. The zero-order valence-electron chi connectivity index (χ0n) is 12.9. The molecule has 0 atom stereocenters. The Balaban J connectivity index is 1.68. The minimum absolute atomic E-state index is 0.0250. The quantitative estimate of drug-likeness (QED) is 0.597. The molecule has 0 unspecified atom stereocenters. The van der Waals surface area contributed by atoms with Gasteiger partial charge in [0.05, 0.1) is 9.82 Å². The lowest BCUT2D eigenvalue weighted by molar-refractivity contribution is -0.385. The summed E-state index contributed by atoms with van der Waals surface area (Å²) in [4.78, 5) is 12.4. The van der Waals surface area contributed by atoms with E-state index < -0.39 is 14.9 Å². The number of benzene rings is 1. The Morgan fingerprint density at radius 1 is 1.17 bits per heavy atom. The molecule has 0 spiro atoms. The normalized spacial score (nSPS) is 17.0. The van der Waals surface area contributed by atoms with Crippen LogP contribution in [0.1, 0.15) is 5.56 Å². The Kier molecular flexibility index (Phi) is 4.95. The zero-order valence-corrected chi connectivity index (χ0v) is 14.5. The molecule has 1 aliphatic rings. The lowest BCUT2D eigenvalue weighted by Gasteiger charge is -2.33. The highest BCUT2D eigenvalue weighted by Crippen LogP contribution is 2.22. The van der Waals surface area contributed by atoms with Gasteiger partial charge in [0, 0.05) is 44.9 Å². The van der Waals surface area contributed by atoms with Crippen LogP contribution < -0.4 is 0 Å². The van der Waals surface area contributed by atoms with Gasteiger partial charge in [0.25, 0.3) is 5.69 Å². The summed E-state index contributed by atoms with van der Waals surface area (Å²) >= 11 is 1.65. The van der Waals surface area contributed by atoms with E-state index in [0.717, 1.165) is 12.6 Å². The number of rotatable bonds is 5. The standard InChI is InChI=1S/C15H17N3O4S2/c19-18(20)14-2-1-3-15(10-14)24(21,22)17-7-5-16(6-8-17)11-13-4-9-23-12-13/h1-4,9-10,12H,5-8,11H2. The van der Waals surface area contributed by atoms with Crippen LogP contribution >= 0.6 is 11.3 Å². The van der Waals surface area contributed by atoms with Crippen molar-refractivity contribution in [2.45, 2.75) is 11.4 Å². The molecular weight excluding hydrogens is 350 g/mol. The van der Waals surface area contributed by atoms with Crippen LogP contribution in [0, 0.1) is 10.1 Å². The van der Waals surface area contributed by atoms with E-state index in [1.807, 2.05) is 5.38 Å². The number of nitrogens with zero attached hydrogens (tertiary/aromatic N) is 3. The van der Waals surface area contributed by atoms with Crippen LogP contribution in [0.5, 0.6) is 0 Å². The van der Waals surface area contributed by atoms with E-state index in [1.54, 1.807) is 11.3 Å². The van der Waals surface area contributed by atoms with Crippen molar-refractivity contribution in [1.29, 1.82) is 0 Å². The maximum Gasteiger partial charge on any atom is 0.270 e. The molecule has 9 heteroatoms. The van der Waals surface area contributed by atoms with E-state index in [4.69, 9.17) is 0 Å². The minimum Gasteiger partial charge on any atom is -0.296 e. The molecule has 0 amide bonds. The summed E-state index contributed by atoms with van der Waals surface area (Å²) in [7, 11) is -3.70. The largest absolute Gasteiger partial charge is 0.296 e. The molecule has 0 radical (unpaired) electrons. The summed E-state index contributed by atoms with van der Waals surface area (Å²) in [6.45, 7) is 2.87. The van der Waals surface area contributed by atoms with Crippen LogP contribution in [-0.2, 0) is 16.6 Å². The monoisotopic (exact) mass is 367 g/mol. The molecule has 2 aromatic rings. The average molecular weight is 367 g/mol. The van der Waals surface area contributed by atoms with Crippen molar-refractivity contribution in [3.05, 3.63) is 56.8 Å². The summed E-state index contributed by atoms with van der Waals surface area (Å²) in [5, 5.41) is 15.0. The highest BCUT2D eigenvalue weighted by molar-refractivity contribution is 7.89. The number of hydrogen-bond donors (Lipinski definition) is 0. The molecule has 24 heavy (non-hydrogen) atoms. The van der Waals surface area contributed by atoms with Gasteiger partial charge in [-0.15, -0.1) is 0 Å². The van der Waals surface area contributed by atoms with Gasteiger partial charge in [0.15, 0.2) is 0 Å². The van der Waals surface area contributed by atoms with Crippen molar-refractivity contribution in [2.24, 2.45) is 0 Å². The number of thiophene rings is 1. The molecule has 128 valence electrons. The molecule has 1 aromatic carbocycles. The van der Waals surface area contributed by atoms with Gasteiger partial charge in [-0.3, -0.25) is 15.0 Å². The summed E-state index contributed by atoms with van der Waals surface area (Å²) in [6, 6.07) is 7.28. The Labute approximate surface area is 144 Å². The van der Waals surface area contributed by atoms with Crippen LogP contribution in [0.15, 0.2) is 46.0 Å². The molecule has 0 N–H and O–H groups in total. The first-order chi connectivity index (χ1) is 11.5. The molecule has 0 bridgehead atoms. The smallest absolute Gasteiger partial charge is 0.270 e. The van der Waals surface area contributed by atoms with Crippen LogP contribution in [0.2, 0.25) is 0 Å². The van der Waals surface area contributed by atoms with Gasteiger partial charge >= 0.3 is 0 Å². The first-order valence-corrected chi connectivity index (χ1v) is 9.83. The molecule has 7 nitrogen and oxygen atoms in total. The molecule has 1 saturated heterocycles. The fourth-order valence-electron chi connectivity index (χ4n) is 2.68. The summed E-state index contributed by atoms with van der Waals surface area (Å²) in [5.41, 5.74) is 1.02. The van der Waals surface area contributed by atoms with Crippen LogP contribution in [0.25, 0.3) is 0 Å². The van der Waals surface area contributed by atoms with E-state index in [9.17, 15) is 18.5 Å². The van der Waals surface area contributed by atoms with Gasteiger partial charge in [-0.25, -0.2) is 8.42 Å². The first kappa shape index (κ1) is 17.0. The molecule has 1 aliphatic heterocycles. The molecule has 3 rings (SSSR count). The van der Waals surface area contributed by atoms with E-state index in [-0.39, 0.29) is 10.6 Å². The molecule has 0 saturated carbocycles. The zero-order chi connectivity index (χ0) is 17.2. The maximum absolute atomic E-state index is 12.7. The molecule has 0 aliphatic carbocycles. The van der Waals surface area contributed by atoms with Crippen molar-refractivity contribution in [3.63, 3.8) is 0 Å². The topological polar surface area (TPSA) is 83.8 Å². The van der Waals surface area contributed by atoms with Gasteiger partial charge in [-0.1, -0.05) is 6.07 Å². The number of hydrogen-bond acceptors (Lipinski definition) is 6. The Hall–Kier alpha value is -1.81. The third-order valence-corrected chi connectivity index (χ3v) is 6.61. The fraction of sp³-hybridized carbons (Fsp3) is 0.333. The van der Waals surface area contributed by atoms with E-state index in [2.05, 4.69) is 16.3 Å². The highest BCUT2D eigenvalue weighted by Gasteiger charge is 2.29. The summed E-state index contributed by atoms with van der Waals surface area (Å²) in [6.07, 6.45) is 0. The van der Waals surface area contributed by atoms with E-state index >= 15 is 0 Å². The van der Waals surface area contributed by atoms with Gasteiger partial charge in [-0.05, 0) is 28.5 Å². The van der Waals surface area contributed by atoms with Crippen molar-refractivity contribution >= 4 is 27.0 Å². The first-order valence-electron chi connectivity index (χ1n) is 7.45. The number of piperazine rings is 1. The lowest BCUT2D eigenvalue weighted by Crippen LogP contribution is -2.48.